The summed E-state index contributed by atoms with van der Waals surface area (Å²) >= 11 is 1.93. The molecule has 0 radical (unpaired) electrons. The summed E-state index contributed by atoms with van der Waals surface area (Å²) < 4.78 is 0. The summed E-state index contributed by atoms with van der Waals surface area (Å²) in [6.07, 6.45) is 7.34. The number of rotatable bonds is 9. The Hall–Kier alpha value is -0.730. The van der Waals surface area contributed by atoms with Gasteiger partial charge in [-0.1, -0.05) is 39.0 Å². The largest absolute Gasteiger partial charge is 0.396 e. The van der Waals surface area contributed by atoms with Crippen molar-refractivity contribution in [2.75, 3.05) is 12.9 Å². The Morgan fingerprint density at radius 2 is 1.83 bits per heavy atom. The van der Waals surface area contributed by atoms with Crippen molar-refractivity contribution in [1.82, 2.24) is 0 Å². The Morgan fingerprint density at radius 3 is 2.26 bits per heavy atom. The number of benzene rings is 1. The van der Waals surface area contributed by atoms with Crippen molar-refractivity contribution in [1.29, 1.82) is 0 Å². The molecule has 1 rings (SSSR count). The maximum Gasteiger partial charge on any atom is 0.0482 e. The van der Waals surface area contributed by atoms with Gasteiger partial charge in [0.25, 0.3) is 0 Å². The summed E-state index contributed by atoms with van der Waals surface area (Å²) in [5, 5.41) is 9.98. The van der Waals surface area contributed by atoms with Gasteiger partial charge in [0, 0.05) is 11.9 Å². The lowest BCUT2D eigenvalue weighted by Gasteiger charge is -2.25. The molecule has 0 amide bonds. The van der Waals surface area contributed by atoms with E-state index < -0.39 is 0 Å². The molecule has 0 heterocycles. The highest BCUT2D eigenvalue weighted by molar-refractivity contribution is 7.98. The standard InChI is InChI=1S/C21H34OS/c1-8-9-15(2)20(23-7)18-12-16(3)19(17(4)13-18)10-11-21(5,6)14-22/h8,12-13,15,20,22H,1,9-11,14H2,2-7H3. The summed E-state index contributed by atoms with van der Waals surface area (Å²) in [4.78, 5) is 0. The van der Waals surface area contributed by atoms with Gasteiger partial charge in [-0.3, -0.25) is 0 Å². The van der Waals surface area contributed by atoms with Crippen LogP contribution in [0.1, 0.15) is 61.1 Å². The number of aliphatic hydroxyl groups is 1. The molecule has 1 nitrogen and oxygen atoms in total. The lowest BCUT2D eigenvalue weighted by atomic mass is 9.84. The van der Waals surface area contributed by atoms with E-state index in [2.05, 4.69) is 59.6 Å². The van der Waals surface area contributed by atoms with Crippen LogP contribution >= 0.6 is 11.8 Å². The number of aliphatic hydroxyl groups excluding tert-OH is 1. The smallest absolute Gasteiger partial charge is 0.0482 e. The summed E-state index contributed by atoms with van der Waals surface area (Å²) in [7, 11) is 0. The highest BCUT2D eigenvalue weighted by atomic mass is 32.2. The molecule has 130 valence electrons. The van der Waals surface area contributed by atoms with E-state index in [0.717, 1.165) is 19.3 Å². The molecule has 1 aromatic carbocycles. The zero-order valence-electron chi connectivity index (χ0n) is 15.8. The predicted octanol–water partition coefficient (Wildman–Crippen LogP) is 5.87. The molecule has 1 N–H and O–H groups in total. The minimum Gasteiger partial charge on any atom is -0.396 e. The summed E-state index contributed by atoms with van der Waals surface area (Å²) in [5.41, 5.74) is 5.66. The van der Waals surface area contributed by atoms with Gasteiger partial charge in [-0.15, -0.1) is 6.58 Å². The van der Waals surface area contributed by atoms with E-state index in [1.165, 1.54) is 22.3 Å². The molecule has 23 heavy (non-hydrogen) atoms. The van der Waals surface area contributed by atoms with Crippen LogP contribution in [0.25, 0.3) is 0 Å². The van der Waals surface area contributed by atoms with Gasteiger partial charge in [-0.25, -0.2) is 0 Å². The van der Waals surface area contributed by atoms with E-state index in [0.29, 0.717) is 11.2 Å². The maximum atomic E-state index is 9.46. The molecule has 0 saturated carbocycles. The predicted molar refractivity (Wildman–Crippen MR) is 105 cm³/mol. The van der Waals surface area contributed by atoms with Crippen LogP contribution in [0.5, 0.6) is 0 Å². The van der Waals surface area contributed by atoms with E-state index in [1.807, 2.05) is 17.8 Å². The molecule has 2 atom stereocenters. The quantitative estimate of drug-likeness (QED) is 0.570. The van der Waals surface area contributed by atoms with Crippen molar-refractivity contribution in [3.63, 3.8) is 0 Å². The first kappa shape index (κ1) is 20.3. The first-order valence-electron chi connectivity index (χ1n) is 8.60. The maximum absolute atomic E-state index is 9.46. The zero-order chi connectivity index (χ0) is 17.6. The fraction of sp³-hybridized carbons (Fsp3) is 0.619. The first-order chi connectivity index (χ1) is 10.8. The number of allylic oxidation sites excluding steroid dienone is 1. The van der Waals surface area contributed by atoms with E-state index >= 15 is 0 Å². The molecule has 0 fully saturated rings. The molecular weight excluding hydrogens is 300 g/mol. The van der Waals surface area contributed by atoms with Gasteiger partial charge in [0.2, 0.25) is 0 Å². The highest BCUT2D eigenvalue weighted by Gasteiger charge is 2.21. The van der Waals surface area contributed by atoms with Crippen LogP contribution in [0.4, 0.5) is 0 Å². The van der Waals surface area contributed by atoms with Crippen LogP contribution in [-0.2, 0) is 6.42 Å². The van der Waals surface area contributed by atoms with E-state index in [4.69, 9.17) is 0 Å². The molecule has 0 spiro atoms. The van der Waals surface area contributed by atoms with E-state index in [-0.39, 0.29) is 12.0 Å². The van der Waals surface area contributed by atoms with Crippen LogP contribution in [0.2, 0.25) is 0 Å². The van der Waals surface area contributed by atoms with Crippen molar-refractivity contribution in [3.05, 3.63) is 47.0 Å². The molecule has 0 aliphatic rings. The van der Waals surface area contributed by atoms with Gasteiger partial charge in [0.05, 0.1) is 0 Å². The summed E-state index contributed by atoms with van der Waals surface area (Å²) in [5.74, 6) is 0.598. The second-order valence-corrected chi connectivity index (χ2v) is 8.59. The van der Waals surface area contributed by atoms with E-state index in [9.17, 15) is 5.11 Å². The Labute approximate surface area is 147 Å². The topological polar surface area (TPSA) is 20.2 Å². The summed E-state index contributed by atoms with van der Waals surface area (Å²) in [6.45, 7) is 15.2. The third-order valence-electron chi connectivity index (χ3n) is 4.84. The SMILES string of the molecule is C=CCC(C)C(SC)c1cc(C)c(CCC(C)(C)CO)c(C)c1. The second-order valence-electron chi connectivity index (χ2n) is 7.61. The Kier molecular flexibility index (Phi) is 7.89. The third-order valence-corrected chi connectivity index (χ3v) is 6.08. The minimum absolute atomic E-state index is 0.00215. The van der Waals surface area contributed by atoms with Crippen LogP contribution in [0, 0.1) is 25.2 Å². The molecule has 2 heteroatoms. The van der Waals surface area contributed by atoms with Crippen LogP contribution in [-0.4, -0.2) is 18.0 Å². The molecule has 0 aliphatic heterocycles. The van der Waals surface area contributed by atoms with Gasteiger partial charge in [0.15, 0.2) is 0 Å². The van der Waals surface area contributed by atoms with Crippen LogP contribution < -0.4 is 0 Å². The normalized spacial score (nSPS) is 14.6. The molecular formula is C21H34OS. The average molecular weight is 335 g/mol. The van der Waals surface area contributed by atoms with Gasteiger partial charge < -0.3 is 5.11 Å². The minimum atomic E-state index is -0.00215. The molecule has 0 aromatic heterocycles. The molecule has 2 unspecified atom stereocenters. The van der Waals surface area contributed by atoms with E-state index in [1.54, 1.807) is 0 Å². The fourth-order valence-electron chi connectivity index (χ4n) is 3.21. The van der Waals surface area contributed by atoms with Crippen molar-refractivity contribution in [2.45, 2.75) is 59.1 Å². The number of aryl methyl sites for hydroxylation is 2. The summed E-state index contributed by atoms with van der Waals surface area (Å²) in [6, 6.07) is 4.74. The fourth-order valence-corrected chi connectivity index (χ4v) is 4.20. The second kappa shape index (κ2) is 8.94. The number of thioether (sulfide) groups is 1. The van der Waals surface area contributed by atoms with Crippen LogP contribution in [0.15, 0.2) is 24.8 Å². The number of hydrogen-bond acceptors (Lipinski definition) is 2. The lowest BCUT2D eigenvalue weighted by Crippen LogP contribution is -2.18. The van der Waals surface area contributed by atoms with Gasteiger partial charge >= 0.3 is 0 Å². The average Bonchev–Trinajstić information content (AvgIpc) is 2.47. The molecule has 1 aromatic rings. The third kappa shape index (κ3) is 5.69. The lowest BCUT2D eigenvalue weighted by molar-refractivity contribution is 0.150. The van der Waals surface area contributed by atoms with Gasteiger partial charge in [-0.05, 0) is 73.0 Å². The van der Waals surface area contributed by atoms with Crippen LogP contribution in [0.3, 0.4) is 0 Å². The van der Waals surface area contributed by atoms with Crippen molar-refractivity contribution >= 4 is 11.8 Å². The monoisotopic (exact) mass is 334 g/mol. The molecule has 0 aliphatic carbocycles. The van der Waals surface area contributed by atoms with Crippen molar-refractivity contribution < 1.29 is 5.11 Å². The molecule has 0 bridgehead atoms. The first-order valence-corrected chi connectivity index (χ1v) is 9.89. The van der Waals surface area contributed by atoms with Crippen molar-refractivity contribution in [3.8, 4) is 0 Å². The zero-order valence-corrected chi connectivity index (χ0v) is 16.6. The van der Waals surface area contributed by atoms with Gasteiger partial charge in [-0.2, -0.15) is 11.8 Å². The Morgan fingerprint density at radius 1 is 1.26 bits per heavy atom. The van der Waals surface area contributed by atoms with Gasteiger partial charge in [0.1, 0.15) is 0 Å². The molecule has 0 saturated heterocycles. The van der Waals surface area contributed by atoms with Crippen molar-refractivity contribution in [2.24, 2.45) is 11.3 Å². The highest BCUT2D eigenvalue weighted by Crippen LogP contribution is 2.38. The Balaban J connectivity index is 3.02. The Bertz CT molecular complexity index is 496. The number of hydrogen-bond donors (Lipinski definition) is 1.